The third kappa shape index (κ3) is 2.34. The topological polar surface area (TPSA) is 65.0 Å². The van der Waals surface area contributed by atoms with E-state index in [1.54, 1.807) is 12.5 Å². The average Bonchev–Trinajstić information content (AvgIpc) is 3.16. The number of hydrogen-bond donors (Lipinski definition) is 0. The third-order valence-electron chi connectivity index (χ3n) is 3.02. The van der Waals surface area contributed by atoms with Crippen LogP contribution >= 0.6 is 0 Å². The highest BCUT2D eigenvalue weighted by Crippen LogP contribution is 2.22. The molecule has 0 radical (unpaired) electrons. The summed E-state index contributed by atoms with van der Waals surface area (Å²) >= 11 is 0. The maximum absolute atomic E-state index is 5.43. The molecule has 3 heterocycles. The summed E-state index contributed by atoms with van der Waals surface area (Å²) in [7, 11) is 0. The van der Waals surface area contributed by atoms with E-state index in [-0.39, 0.29) is 0 Å². The summed E-state index contributed by atoms with van der Waals surface area (Å²) in [6, 6.07) is 5.61. The largest absolute Gasteiger partial charge is 0.443 e. The van der Waals surface area contributed by atoms with Crippen LogP contribution < -0.4 is 0 Å². The molecule has 0 N–H and O–H groups in total. The molecule has 5 nitrogen and oxygen atoms in total. The van der Waals surface area contributed by atoms with Gasteiger partial charge in [-0.3, -0.25) is 0 Å². The van der Waals surface area contributed by atoms with Gasteiger partial charge in [-0.15, -0.1) is 0 Å². The molecule has 102 valence electrons. The first-order valence-electron chi connectivity index (χ1n) is 6.66. The van der Waals surface area contributed by atoms with Crippen molar-refractivity contribution in [1.82, 2.24) is 15.0 Å². The van der Waals surface area contributed by atoms with Crippen molar-refractivity contribution in [1.29, 1.82) is 0 Å². The van der Waals surface area contributed by atoms with Crippen LogP contribution in [-0.4, -0.2) is 15.0 Å². The zero-order valence-corrected chi connectivity index (χ0v) is 11.5. The van der Waals surface area contributed by atoms with Crippen LogP contribution in [0.5, 0.6) is 0 Å². The van der Waals surface area contributed by atoms with E-state index in [0.29, 0.717) is 23.2 Å². The van der Waals surface area contributed by atoms with Gasteiger partial charge in [-0.25, -0.2) is 15.0 Å². The quantitative estimate of drug-likeness (QED) is 0.725. The highest BCUT2D eigenvalue weighted by Gasteiger charge is 2.11. The zero-order valence-electron chi connectivity index (χ0n) is 11.5. The summed E-state index contributed by atoms with van der Waals surface area (Å²) in [4.78, 5) is 13.2. The van der Waals surface area contributed by atoms with Crippen molar-refractivity contribution in [3.8, 4) is 23.2 Å². The fraction of sp³-hybridized carbons (Fsp3) is 0.267. The van der Waals surface area contributed by atoms with Gasteiger partial charge in [0.05, 0.1) is 11.4 Å². The lowest BCUT2D eigenvalue weighted by Gasteiger charge is -1.97. The second kappa shape index (κ2) is 5.28. The van der Waals surface area contributed by atoms with Gasteiger partial charge in [-0.1, -0.05) is 19.9 Å². The molecule has 0 fully saturated rings. The minimum absolute atomic E-state index is 0.519. The normalized spacial score (nSPS) is 10.9. The first-order chi connectivity index (χ1) is 9.80. The Morgan fingerprint density at radius 3 is 1.70 bits per heavy atom. The van der Waals surface area contributed by atoms with Crippen molar-refractivity contribution >= 4 is 0 Å². The summed E-state index contributed by atoms with van der Waals surface area (Å²) in [5.74, 6) is 1.04. The molecule has 0 aliphatic carbocycles. The van der Waals surface area contributed by atoms with Crippen LogP contribution in [0.3, 0.4) is 0 Å². The molecule has 0 saturated heterocycles. The van der Waals surface area contributed by atoms with E-state index in [4.69, 9.17) is 8.83 Å². The third-order valence-corrected chi connectivity index (χ3v) is 3.02. The van der Waals surface area contributed by atoms with E-state index >= 15 is 0 Å². The Bertz CT molecular complexity index is 658. The molecule has 3 aromatic heterocycles. The highest BCUT2D eigenvalue weighted by molar-refractivity contribution is 5.55. The molecule has 0 aliphatic heterocycles. The van der Waals surface area contributed by atoms with Gasteiger partial charge in [-0.05, 0) is 25.0 Å². The highest BCUT2D eigenvalue weighted by atomic mass is 16.3. The van der Waals surface area contributed by atoms with Crippen molar-refractivity contribution in [2.45, 2.75) is 26.7 Å². The number of pyridine rings is 1. The van der Waals surface area contributed by atoms with Gasteiger partial charge in [0.15, 0.2) is 0 Å². The van der Waals surface area contributed by atoms with Crippen molar-refractivity contribution in [3.63, 3.8) is 0 Å². The summed E-state index contributed by atoms with van der Waals surface area (Å²) in [5, 5.41) is 0. The molecule has 0 unspecified atom stereocenters. The SMILES string of the molecule is CCc1coc(-c2cccc(-c3nc(CC)co3)n2)n1. The number of aromatic nitrogens is 3. The number of hydrogen-bond acceptors (Lipinski definition) is 5. The minimum Gasteiger partial charge on any atom is -0.443 e. The average molecular weight is 269 g/mol. The fourth-order valence-electron chi connectivity index (χ4n) is 1.85. The second-order valence-electron chi connectivity index (χ2n) is 4.40. The lowest BCUT2D eigenvalue weighted by molar-refractivity contribution is 0.566. The maximum atomic E-state index is 5.43. The van der Waals surface area contributed by atoms with E-state index in [0.717, 1.165) is 24.2 Å². The van der Waals surface area contributed by atoms with E-state index in [1.165, 1.54) is 0 Å². The molecule has 3 aromatic rings. The molecule has 0 spiro atoms. The first-order valence-corrected chi connectivity index (χ1v) is 6.66. The molecule has 5 heteroatoms. The number of oxazole rings is 2. The molecule has 0 aromatic carbocycles. The molecule has 0 amide bonds. The van der Waals surface area contributed by atoms with Gasteiger partial charge in [0.2, 0.25) is 11.8 Å². The summed E-state index contributed by atoms with van der Waals surface area (Å²) in [5.41, 5.74) is 3.19. The molecular weight excluding hydrogens is 254 g/mol. The number of aryl methyl sites for hydroxylation is 2. The summed E-state index contributed by atoms with van der Waals surface area (Å²) in [6.45, 7) is 4.06. The van der Waals surface area contributed by atoms with Gasteiger partial charge in [0.1, 0.15) is 23.9 Å². The van der Waals surface area contributed by atoms with Crippen LogP contribution in [0.1, 0.15) is 25.2 Å². The second-order valence-corrected chi connectivity index (χ2v) is 4.40. The van der Waals surface area contributed by atoms with Crippen LogP contribution in [0, 0.1) is 0 Å². The maximum Gasteiger partial charge on any atom is 0.245 e. The van der Waals surface area contributed by atoms with Crippen LogP contribution in [-0.2, 0) is 12.8 Å². The predicted octanol–water partition coefficient (Wildman–Crippen LogP) is 3.52. The van der Waals surface area contributed by atoms with Crippen LogP contribution in [0.4, 0.5) is 0 Å². The van der Waals surface area contributed by atoms with Crippen LogP contribution in [0.25, 0.3) is 23.2 Å². The van der Waals surface area contributed by atoms with Crippen molar-refractivity contribution in [2.24, 2.45) is 0 Å². The Kier molecular flexibility index (Phi) is 3.33. The Hall–Kier alpha value is -2.43. The van der Waals surface area contributed by atoms with Crippen molar-refractivity contribution in [2.75, 3.05) is 0 Å². The van der Waals surface area contributed by atoms with Crippen molar-refractivity contribution < 1.29 is 8.83 Å². The van der Waals surface area contributed by atoms with E-state index < -0.39 is 0 Å². The van der Waals surface area contributed by atoms with Gasteiger partial charge < -0.3 is 8.83 Å². The van der Waals surface area contributed by atoms with Crippen molar-refractivity contribution in [3.05, 3.63) is 42.1 Å². The van der Waals surface area contributed by atoms with Gasteiger partial charge in [0, 0.05) is 0 Å². The molecule has 0 bridgehead atoms. The Morgan fingerprint density at radius 2 is 1.30 bits per heavy atom. The van der Waals surface area contributed by atoms with E-state index in [9.17, 15) is 0 Å². The van der Waals surface area contributed by atoms with Gasteiger partial charge >= 0.3 is 0 Å². The van der Waals surface area contributed by atoms with Crippen LogP contribution in [0.15, 0.2) is 39.6 Å². The monoisotopic (exact) mass is 269 g/mol. The number of rotatable bonds is 4. The summed E-state index contributed by atoms with van der Waals surface area (Å²) in [6.07, 6.45) is 4.99. The first kappa shape index (κ1) is 12.6. The molecule has 20 heavy (non-hydrogen) atoms. The predicted molar refractivity (Wildman–Crippen MR) is 74.0 cm³/mol. The lowest BCUT2D eigenvalue weighted by Crippen LogP contribution is -1.89. The fourth-order valence-corrected chi connectivity index (χ4v) is 1.85. The van der Waals surface area contributed by atoms with E-state index in [2.05, 4.69) is 15.0 Å². The zero-order chi connectivity index (χ0) is 13.9. The molecule has 0 atom stereocenters. The molecule has 0 aliphatic rings. The Morgan fingerprint density at radius 1 is 0.800 bits per heavy atom. The summed E-state index contributed by atoms with van der Waals surface area (Å²) < 4.78 is 10.9. The molecule has 3 rings (SSSR count). The standard InChI is InChI=1S/C15H15N3O2/c1-3-10-8-19-14(16-10)12-6-5-7-13(18-12)15-17-11(4-2)9-20-15/h5-9H,3-4H2,1-2H3. The smallest absolute Gasteiger partial charge is 0.245 e. The Labute approximate surface area is 116 Å². The van der Waals surface area contributed by atoms with Gasteiger partial charge in [-0.2, -0.15) is 0 Å². The molecule has 0 saturated carbocycles. The minimum atomic E-state index is 0.519. The van der Waals surface area contributed by atoms with Crippen LogP contribution in [0.2, 0.25) is 0 Å². The Balaban J connectivity index is 1.96. The lowest BCUT2D eigenvalue weighted by atomic mass is 10.3. The molecular formula is C15H15N3O2. The van der Waals surface area contributed by atoms with Gasteiger partial charge in [0.25, 0.3) is 0 Å². The van der Waals surface area contributed by atoms with E-state index in [1.807, 2.05) is 32.0 Å². The number of nitrogens with zero attached hydrogens (tertiary/aromatic N) is 3.